The number of hydrogen-bond donors (Lipinski definition) is 1. The highest BCUT2D eigenvalue weighted by Crippen LogP contribution is 2.04. The highest BCUT2D eigenvalue weighted by atomic mass is 15.1. The van der Waals surface area contributed by atoms with Crippen LogP contribution in [0.15, 0.2) is 24.5 Å². The molecule has 0 saturated carbocycles. The van der Waals surface area contributed by atoms with Crippen molar-refractivity contribution < 1.29 is 0 Å². The molecule has 3 heteroatoms. The average Bonchev–Trinajstić information content (AvgIpc) is 2.42. The van der Waals surface area contributed by atoms with E-state index in [1.807, 2.05) is 18.5 Å². The van der Waals surface area contributed by atoms with E-state index >= 15 is 0 Å². The van der Waals surface area contributed by atoms with Crippen LogP contribution in [0.5, 0.6) is 0 Å². The van der Waals surface area contributed by atoms with E-state index in [4.69, 9.17) is 0 Å². The van der Waals surface area contributed by atoms with E-state index in [1.54, 1.807) is 0 Å². The number of rotatable bonds is 11. The maximum Gasteiger partial charge on any atom is 0.0312 e. The number of aromatic nitrogens is 1. The molecule has 114 valence electrons. The van der Waals surface area contributed by atoms with Gasteiger partial charge < -0.3 is 10.2 Å². The Morgan fingerprint density at radius 2 is 2.00 bits per heavy atom. The summed E-state index contributed by atoms with van der Waals surface area (Å²) in [6, 6.07) is 4.15. The SMILES string of the molecule is CC(C)CNCCCCCCN(C)Cc1cccnc1. The monoisotopic (exact) mass is 277 g/mol. The first-order valence-electron chi connectivity index (χ1n) is 7.96. The van der Waals surface area contributed by atoms with Gasteiger partial charge in [-0.05, 0) is 57.1 Å². The van der Waals surface area contributed by atoms with Gasteiger partial charge in [0.2, 0.25) is 0 Å². The summed E-state index contributed by atoms with van der Waals surface area (Å²) in [7, 11) is 2.19. The predicted octanol–water partition coefficient (Wildman–Crippen LogP) is 3.32. The molecule has 0 spiro atoms. The van der Waals surface area contributed by atoms with Crippen LogP contribution in [0.4, 0.5) is 0 Å². The molecule has 20 heavy (non-hydrogen) atoms. The third-order valence-corrected chi connectivity index (χ3v) is 3.37. The van der Waals surface area contributed by atoms with Crippen molar-refractivity contribution in [3.8, 4) is 0 Å². The average molecular weight is 277 g/mol. The molecule has 0 bridgehead atoms. The van der Waals surface area contributed by atoms with Crippen molar-refractivity contribution in [3.63, 3.8) is 0 Å². The summed E-state index contributed by atoms with van der Waals surface area (Å²) in [5, 5.41) is 3.50. The lowest BCUT2D eigenvalue weighted by Crippen LogP contribution is -2.21. The number of unbranched alkanes of at least 4 members (excludes halogenated alkanes) is 3. The quantitative estimate of drug-likeness (QED) is 0.629. The molecule has 0 amide bonds. The Kier molecular flexibility index (Phi) is 9.25. The van der Waals surface area contributed by atoms with Crippen molar-refractivity contribution in [2.45, 2.75) is 46.1 Å². The first-order chi connectivity index (χ1) is 9.68. The first-order valence-corrected chi connectivity index (χ1v) is 7.96. The molecule has 0 aromatic carbocycles. The number of pyridine rings is 1. The molecule has 0 unspecified atom stereocenters. The third-order valence-electron chi connectivity index (χ3n) is 3.37. The standard InChI is InChI=1S/C17H31N3/c1-16(2)13-18-10-6-4-5-7-12-20(3)15-17-9-8-11-19-14-17/h8-9,11,14,16,18H,4-7,10,12-13,15H2,1-3H3. The molecule has 1 N–H and O–H groups in total. The Hall–Kier alpha value is -0.930. The molecule has 0 fully saturated rings. The maximum atomic E-state index is 4.15. The van der Waals surface area contributed by atoms with Gasteiger partial charge in [0.1, 0.15) is 0 Å². The molecule has 0 aliphatic heterocycles. The fourth-order valence-electron chi connectivity index (χ4n) is 2.26. The van der Waals surface area contributed by atoms with Gasteiger partial charge in [-0.1, -0.05) is 32.8 Å². The van der Waals surface area contributed by atoms with Crippen LogP contribution in [-0.2, 0) is 6.54 Å². The molecule has 1 rings (SSSR count). The second-order valence-corrected chi connectivity index (χ2v) is 6.11. The molecule has 0 atom stereocenters. The lowest BCUT2D eigenvalue weighted by Gasteiger charge is -2.16. The Morgan fingerprint density at radius 1 is 1.20 bits per heavy atom. The number of nitrogens with zero attached hydrogens (tertiary/aromatic N) is 2. The smallest absolute Gasteiger partial charge is 0.0312 e. The second kappa shape index (κ2) is 10.8. The molecular formula is C17H31N3. The van der Waals surface area contributed by atoms with E-state index in [0.717, 1.165) is 19.0 Å². The van der Waals surface area contributed by atoms with Gasteiger partial charge >= 0.3 is 0 Å². The summed E-state index contributed by atoms with van der Waals surface area (Å²) in [6.07, 6.45) is 9.06. The highest BCUT2D eigenvalue weighted by Gasteiger charge is 2.00. The van der Waals surface area contributed by atoms with Crippen LogP contribution in [0.25, 0.3) is 0 Å². The van der Waals surface area contributed by atoms with Crippen molar-refractivity contribution in [3.05, 3.63) is 30.1 Å². The minimum atomic E-state index is 0.760. The van der Waals surface area contributed by atoms with Crippen molar-refractivity contribution >= 4 is 0 Å². The number of nitrogens with one attached hydrogen (secondary N) is 1. The third kappa shape index (κ3) is 9.05. The normalized spacial score (nSPS) is 11.4. The molecule has 1 aromatic rings. The van der Waals surface area contributed by atoms with Crippen molar-refractivity contribution in [1.29, 1.82) is 0 Å². The van der Waals surface area contributed by atoms with E-state index in [9.17, 15) is 0 Å². The van der Waals surface area contributed by atoms with Crippen molar-refractivity contribution in [1.82, 2.24) is 15.2 Å². The Morgan fingerprint density at radius 3 is 2.70 bits per heavy atom. The van der Waals surface area contributed by atoms with E-state index in [1.165, 1.54) is 44.3 Å². The van der Waals surface area contributed by atoms with Gasteiger partial charge in [-0.3, -0.25) is 4.98 Å². The van der Waals surface area contributed by atoms with Crippen LogP contribution < -0.4 is 5.32 Å². The summed E-state index contributed by atoms with van der Waals surface area (Å²) in [5.41, 5.74) is 1.30. The fourth-order valence-corrected chi connectivity index (χ4v) is 2.26. The van der Waals surface area contributed by atoms with Gasteiger partial charge in [0.15, 0.2) is 0 Å². The van der Waals surface area contributed by atoms with Crippen LogP contribution in [-0.4, -0.2) is 36.6 Å². The molecule has 0 aliphatic rings. The van der Waals surface area contributed by atoms with Crippen LogP contribution in [0, 0.1) is 5.92 Å². The Labute approximate surface area is 124 Å². The van der Waals surface area contributed by atoms with Gasteiger partial charge in [-0.2, -0.15) is 0 Å². The summed E-state index contributed by atoms with van der Waals surface area (Å²) in [6.45, 7) is 9.01. The van der Waals surface area contributed by atoms with Crippen LogP contribution in [0.2, 0.25) is 0 Å². The minimum absolute atomic E-state index is 0.760. The summed E-state index contributed by atoms with van der Waals surface area (Å²) in [4.78, 5) is 6.54. The molecule has 3 nitrogen and oxygen atoms in total. The largest absolute Gasteiger partial charge is 0.316 e. The number of hydrogen-bond acceptors (Lipinski definition) is 3. The zero-order valence-corrected chi connectivity index (χ0v) is 13.4. The zero-order chi connectivity index (χ0) is 14.6. The Bertz CT molecular complexity index is 324. The summed E-state index contributed by atoms with van der Waals surface area (Å²) in [5.74, 6) is 0.760. The summed E-state index contributed by atoms with van der Waals surface area (Å²) < 4.78 is 0. The van der Waals surface area contributed by atoms with E-state index in [-0.39, 0.29) is 0 Å². The predicted molar refractivity (Wildman–Crippen MR) is 86.7 cm³/mol. The summed E-state index contributed by atoms with van der Waals surface area (Å²) >= 11 is 0. The van der Waals surface area contributed by atoms with Crippen molar-refractivity contribution in [2.24, 2.45) is 5.92 Å². The van der Waals surface area contributed by atoms with E-state index in [0.29, 0.717) is 0 Å². The van der Waals surface area contributed by atoms with Gasteiger partial charge in [0, 0.05) is 18.9 Å². The van der Waals surface area contributed by atoms with Crippen LogP contribution in [0.1, 0.15) is 45.1 Å². The molecule has 1 heterocycles. The van der Waals surface area contributed by atoms with Crippen LogP contribution in [0.3, 0.4) is 0 Å². The molecule has 0 aliphatic carbocycles. The minimum Gasteiger partial charge on any atom is -0.316 e. The maximum absolute atomic E-state index is 4.15. The highest BCUT2D eigenvalue weighted by molar-refractivity contribution is 5.07. The molecule has 0 radical (unpaired) electrons. The van der Waals surface area contributed by atoms with E-state index in [2.05, 4.69) is 42.2 Å². The molecule has 0 saturated heterocycles. The first kappa shape index (κ1) is 17.1. The topological polar surface area (TPSA) is 28.2 Å². The zero-order valence-electron chi connectivity index (χ0n) is 13.4. The van der Waals surface area contributed by atoms with Crippen LogP contribution >= 0.6 is 0 Å². The van der Waals surface area contributed by atoms with Gasteiger partial charge in [-0.15, -0.1) is 0 Å². The lowest BCUT2D eigenvalue weighted by atomic mass is 10.1. The fraction of sp³-hybridized carbons (Fsp3) is 0.706. The Balaban J connectivity index is 1.93. The lowest BCUT2D eigenvalue weighted by molar-refractivity contribution is 0.316. The van der Waals surface area contributed by atoms with E-state index < -0.39 is 0 Å². The second-order valence-electron chi connectivity index (χ2n) is 6.11. The van der Waals surface area contributed by atoms with Gasteiger partial charge in [0.25, 0.3) is 0 Å². The van der Waals surface area contributed by atoms with Crippen molar-refractivity contribution in [2.75, 3.05) is 26.7 Å². The molecular weight excluding hydrogens is 246 g/mol. The molecule has 1 aromatic heterocycles. The van der Waals surface area contributed by atoms with Gasteiger partial charge in [-0.25, -0.2) is 0 Å². The van der Waals surface area contributed by atoms with Gasteiger partial charge in [0.05, 0.1) is 0 Å².